The zero-order valence-corrected chi connectivity index (χ0v) is 24.9. The Morgan fingerprint density at radius 3 is 2.50 bits per heavy atom. The number of hydrogen-bond donors (Lipinski definition) is 2. The number of nitrogens with one attached hydrogen (secondary N) is 2. The predicted octanol–water partition coefficient (Wildman–Crippen LogP) is 6.47. The number of carbonyl (C=O) groups is 1. The van der Waals surface area contributed by atoms with Crippen LogP contribution in [0.2, 0.25) is 0 Å². The van der Waals surface area contributed by atoms with Crippen LogP contribution in [0.1, 0.15) is 68.2 Å². The molecule has 0 atom stereocenters. The molecule has 1 amide bonds. The van der Waals surface area contributed by atoms with Gasteiger partial charge in [-0.15, -0.1) is 0 Å². The molecule has 2 N–H and O–H groups in total. The number of ether oxygens (including phenoxy) is 1. The second-order valence-electron chi connectivity index (χ2n) is 12.1. The summed E-state index contributed by atoms with van der Waals surface area (Å²) >= 11 is 0. The van der Waals surface area contributed by atoms with Crippen LogP contribution in [-0.2, 0) is 17.8 Å². The van der Waals surface area contributed by atoms with E-state index in [1.54, 1.807) is 0 Å². The second-order valence-corrected chi connectivity index (χ2v) is 12.1. The first-order valence-corrected chi connectivity index (χ1v) is 15.8. The Morgan fingerprint density at radius 1 is 0.952 bits per heavy atom. The van der Waals surface area contributed by atoms with Crippen LogP contribution in [-0.4, -0.2) is 53.6 Å². The maximum absolute atomic E-state index is 13.0. The molecule has 1 saturated carbocycles. The van der Waals surface area contributed by atoms with Crippen LogP contribution < -0.4 is 20.3 Å². The highest BCUT2D eigenvalue weighted by atomic mass is 16.5. The third-order valence-corrected chi connectivity index (χ3v) is 8.96. The van der Waals surface area contributed by atoms with Crippen molar-refractivity contribution in [3.8, 4) is 5.75 Å². The van der Waals surface area contributed by atoms with Crippen molar-refractivity contribution in [1.82, 2.24) is 14.9 Å². The first kappa shape index (κ1) is 28.5. The number of fused-ring (bicyclic) bond motifs is 1. The fourth-order valence-corrected chi connectivity index (χ4v) is 6.46. The van der Waals surface area contributed by atoms with Crippen LogP contribution >= 0.6 is 0 Å². The average molecular weight is 569 g/mol. The van der Waals surface area contributed by atoms with Crippen molar-refractivity contribution >= 4 is 28.9 Å². The maximum Gasteiger partial charge on any atom is 0.227 e. The molecule has 0 bridgehead atoms. The summed E-state index contributed by atoms with van der Waals surface area (Å²) in [5.74, 6) is 1.80. The highest BCUT2D eigenvalue weighted by Gasteiger charge is 2.23. The van der Waals surface area contributed by atoms with Crippen molar-refractivity contribution in [1.29, 1.82) is 0 Å². The van der Waals surface area contributed by atoms with Crippen molar-refractivity contribution in [2.75, 3.05) is 48.3 Å². The van der Waals surface area contributed by atoms with Gasteiger partial charge in [0, 0.05) is 60.8 Å². The lowest BCUT2D eigenvalue weighted by Crippen LogP contribution is -2.32. The Balaban J connectivity index is 1.04. The van der Waals surface area contributed by atoms with E-state index in [0.29, 0.717) is 5.95 Å². The van der Waals surface area contributed by atoms with Gasteiger partial charge in [0.15, 0.2) is 0 Å². The van der Waals surface area contributed by atoms with Gasteiger partial charge in [-0.05, 0) is 87.7 Å². The molecular weight excluding hydrogens is 524 g/mol. The molecule has 1 saturated heterocycles. The molecule has 0 unspecified atom stereocenters. The van der Waals surface area contributed by atoms with Gasteiger partial charge in [-0.3, -0.25) is 9.69 Å². The highest BCUT2D eigenvalue weighted by Crippen LogP contribution is 2.31. The fourth-order valence-electron chi connectivity index (χ4n) is 6.46. The molecule has 3 aromatic rings. The van der Waals surface area contributed by atoms with Gasteiger partial charge in [0.1, 0.15) is 12.4 Å². The minimum Gasteiger partial charge on any atom is -0.492 e. The Bertz CT molecular complexity index is 1350. The Hall–Kier alpha value is -3.65. The number of amides is 1. The van der Waals surface area contributed by atoms with Gasteiger partial charge < -0.3 is 20.3 Å². The molecule has 8 heteroatoms. The van der Waals surface area contributed by atoms with Gasteiger partial charge >= 0.3 is 0 Å². The number of anilines is 4. The first-order chi connectivity index (χ1) is 20.6. The van der Waals surface area contributed by atoms with Crippen molar-refractivity contribution in [2.24, 2.45) is 5.92 Å². The van der Waals surface area contributed by atoms with E-state index in [0.717, 1.165) is 92.4 Å². The summed E-state index contributed by atoms with van der Waals surface area (Å²) < 4.78 is 5.93. The first-order valence-electron chi connectivity index (χ1n) is 15.8. The maximum atomic E-state index is 13.0. The third-order valence-electron chi connectivity index (χ3n) is 8.96. The molecule has 2 fully saturated rings. The number of rotatable bonds is 9. The largest absolute Gasteiger partial charge is 0.492 e. The van der Waals surface area contributed by atoms with Gasteiger partial charge in [0.05, 0.1) is 5.69 Å². The van der Waals surface area contributed by atoms with Gasteiger partial charge in [0.25, 0.3) is 0 Å². The van der Waals surface area contributed by atoms with E-state index in [9.17, 15) is 4.79 Å². The summed E-state index contributed by atoms with van der Waals surface area (Å²) in [7, 11) is 0. The van der Waals surface area contributed by atoms with Gasteiger partial charge in [0.2, 0.25) is 11.9 Å². The summed E-state index contributed by atoms with van der Waals surface area (Å²) in [4.78, 5) is 27.3. The number of likely N-dealkylation sites (tertiary alicyclic amines) is 1. The molecule has 0 radical (unpaired) electrons. The van der Waals surface area contributed by atoms with Crippen molar-refractivity contribution in [3.05, 3.63) is 65.5 Å². The van der Waals surface area contributed by atoms with E-state index in [4.69, 9.17) is 9.72 Å². The standard InChI is InChI=1S/C34H44N6O2/c1-25-10-11-29(36-33(41)26-8-4-2-3-5-9-26)22-32(25)40-19-16-31-27(24-40)23-35-34(38-31)37-28-12-14-30(15-13-28)42-21-20-39-17-6-7-18-39/h10-15,22-23,26H,2-9,16-21,24H2,1H3,(H,36,41)(H,35,37,38). The van der Waals surface area contributed by atoms with E-state index in [1.165, 1.54) is 44.3 Å². The summed E-state index contributed by atoms with van der Waals surface area (Å²) in [5.41, 5.74) is 6.41. The van der Waals surface area contributed by atoms with E-state index in [1.807, 2.05) is 36.5 Å². The number of aromatic nitrogens is 2. The van der Waals surface area contributed by atoms with E-state index >= 15 is 0 Å². The van der Waals surface area contributed by atoms with Crippen LogP contribution in [0.5, 0.6) is 5.75 Å². The van der Waals surface area contributed by atoms with Crippen LogP contribution in [0.15, 0.2) is 48.7 Å². The summed E-state index contributed by atoms with van der Waals surface area (Å²) in [6.07, 6.45) is 12.2. The lowest BCUT2D eigenvalue weighted by atomic mass is 9.99. The zero-order valence-electron chi connectivity index (χ0n) is 24.9. The van der Waals surface area contributed by atoms with Crippen molar-refractivity contribution < 1.29 is 9.53 Å². The topological polar surface area (TPSA) is 82.6 Å². The van der Waals surface area contributed by atoms with Gasteiger partial charge in [-0.25, -0.2) is 9.97 Å². The van der Waals surface area contributed by atoms with Crippen LogP contribution in [0.25, 0.3) is 0 Å². The van der Waals surface area contributed by atoms with Gasteiger partial charge in [-0.1, -0.05) is 31.7 Å². The second kappa shape index (κ2) is 13.6. The number of benzene rings is 2. The Morgan fingerprint density at radius 2 is 1.71 bits per heavy atom. The number of aryl methyl sites for hydroxylation is 1. The van der Waals surface area contributed by atoms with Crippen molar-refractivity contribution in [2.45, 2.75) is 71.3 Å². The molecule has 1 aromatic heterocycles. The summed E-state index contributed by atoms with van der Waals surface area (Å²) in [6, 6.07) is 14.3. The molecule has 1 aliphatic carbocycles. The lowest BCUT2D eigenvalue weighted by Gasteiger charge is -2.31. The monoisotopic (exact) mass is 568 g/mol. The number of nitrogens with zero attached hydrogens (tertiary/aromatic N) is 4. The van der Waals surface area contributed by atoms with Crippen LogP contribution in [0.4, 0.5) is 23.0 Å². The average Bonchev–Trinajstić information content (AvgIpc) is 3.38. The molecule has 222 valence electrons. The predicted molar refractivity (Wildman–Crippen MR) is 169 cm³/mol. The minimum atomic E-state index is 0.134. The highest BCUT2D eigenvalue weighted by molar-refractivity contribution is 5.93. The summed E-state index contributed by atoms with van der Waals surface area (Å²) in [6.45, 7) is 7.84. The molecule has 3 heterocycles. The molecule has 0 spiro atoms. The van der Waals surface area contributed by atoms with Crippen LogP contribution in [0.3, 0.4) is 0 Å². The molecule has 42 heavy (non-hydrogen) atoms. The lowest BCUT2D eigenvalue weighted by molar-refractivity contribution is -0.120. The van der Waals surface area contributed by atoms with E-state index in [-0.39, 0.29) is 11.8 Å². The molecular formula is C34H44N6O2. The number of hydrogen-bond acceptors (Lipinski definition) is 7. The molecule has 6 rings (SSSR count). The molecule has 3 aliphatic rings. The van der Waals surface area contributed by atoms with Gasteiger partial charge in [-0.2, -0.15) is 0 Å². The third kappa shape index (κ3) is 7.21. The molecule has 8 nitrogen and oxygen atoms in total. The zero-order chi connectivity index (χ0) is 28.7. The molecule has 2 aromatic carbocycles. The van der Waals surface area contributed by atoms with Crippen molar-refractivity contribution in [3.63, 3.8) is 0 Å². The van der Waals surface area contributed by atoms with Crippen LogP contribution in [0, 0.1) is 12.8 Å². The summed E-state index contributed by atoms with van der Waals surface area (Å²) in [5, 5.41) is 6.56. The smallest absolute Gasteiger partial charge is 0.227 e. The normalized spacial score (nSPS) is 17.9. The van der Waals surface area contributed by atoms with E-state index in [2.05, 4.69) is 44.5 Å². The number of carbonyl (C=O) groups excluding carboxylic acids is 1. The Kier molecular flexibility index (Phi) is 9.18. The quantitative estimate of drug-likeness (QED) is 0.286. The van der Waals surface area contributed by atoms with E-state index < -0.39 is 0 Å². The Labute approximate surface area is 249 Å². The SMILES string of the molecule is Cc1ccc(NC(=O)C2CCCCCC2)cc1N1CCc2nc(Nc3ccc(OCCN4CCCC4)cc3)ncc2C1. The minimum absolute atomic E-state index is 0.134. The fraction of sp³-hybridized carbons (Fsp3) is 0.500. The molecule has 2 aliphatic heterocycles.